The molecule has 124 valence electrons. The van der Waals surface area contributed by atoms with Crippen LogP contribution in [0, 0.1) is 5.82 Å². The average molecular weight is 347 g/mol. The number of hydrogen-bond donors (Lipinski definition) is 1. The predicted molar refractivity (Wildman–Crippen MR) is 93.5 cm³/mol. The van der Waals surface area contributed by atoms with E-state index in [0.717, 1.165) is 11.6 Å². The zero-order chi connectivity index (χ0) is 17.7. The maximum atomic E-state index is 13.4. The van der Waals surface area contributed by atoms with E-state index in [0.29, 0.717) is 5.02 Å². The molecule has 2 aromatic rings. The number of halogens is 2. The van der Waals surface area contributed by atoms with Gasteiger partial charge >= 0.3 is 0 Å². The quantitative estimate of drug-likeness (QED) is 0.855. The van der Waals surface area contributed by atoms with Crippen LogP contribution in [0.1, 0.15) is 15.9 Å². The Morgan fingerprint density at radius 2 is 1.79 bits per heavy atom. The van der Waals surface area contributed by atoms with Crippen molar-refractivity contribution in [1.29, 1.82) is 0 Å². The van der Waals surface area contributed by atoms with Crippen LogP contribution in [0.2, 0.25) is 5.02 Å². The zero-order valence-corrected chi connectivity index (χ0v) is 14.0. The van der Waals surface area contributed by atoms with Gasteiger partial charge in [-0.05, 0) is 42.0 Å². The van der Waals surface area contributed by atoms with E-state index in [9.17, 15) is 14.0 Å². The number of carbonyl (C=O) groups excluding carboxylic acids is 2. The first-order valence-electron chi connectivity index (χ1n) is 7.12. The van der Waals surface area contributed by atoms with Gasteiger partial charge in [-0.2, -0.15) is 0 Å². The van der Waals surface area contributed by atoms with Gasteiger partial charge < -0.3 is 10.2 Å². The van der Waals surface area contributed by atoms with Crippen LogP contribution in [0.5, 0.6) is 0 Å². The first-order valence-corrected chi connectivity index (χ1v) is 7.50. The Morgan fingerprint density at radius 1 is 1.12 bits per heavy atom. The number of nitrogens with zero attached hydrogens (tertiary/aromatic N) is 1. The maximum absolute atomic E-state index is 13.4. The molecule has 0 bridgehead atoms. The van der Waals surface area contributed by atoms with Gasteiger partial charge in [0, 0.05) is 25.2 Å². The van der Waals surface area contributed by atoms with Crippen LogP contribution in [-0.2, 0) is 4.79 Å². The van der Waals surface area contributed by atoms with Crippen LogP contribution >= 0.6 is 11.6 Å². The third-order valence-electron chi connectivity index (χ3n) is 3.17. The molecule has 0 saturated carbocycles. The van der Waals surface area contributed by atoms with Crippen LogP contribution in [0.4, 0.5) is 10.1 Å². The summed E-state index contributed by atoms with van der Waals surface area (Å²) in [6.07, 6.45) is 2.94. The van der Waals surface area contributed by atoms with Crippen LogP contribution in [0.25, 0.3) is 6.08 Å². The van der Waals surface area contributed by atoms with Crippen molar-refractivity contribution < 1.29 is 14.0 Å². The van der Waals surface area contributed by atoms with Gasteiger partial charge in [0.1, 0.15) is 5.82 Å². The van der Waals surface area contributed by atoms with Gasteiger partial charge in [0.25, 0.3) is 5.91 Å². The monoisotopic (exact) mass is 346 g/mol. The van der Waals surface area contributed by atoms with Crippen molar-refractivity contribution in [3.05, 3.63) is 70.5 Å². The van der Waals surface area contributed by atoms with E-state index < -0.39 is 17.6 Å². The molecule has 0 atom stereocenters. The fraction of sp³-hybridized carbons (Fsp3) is 0.111. The Labute approximate surface area is 144 Å². The number of hydrogen-bond acceptors (Lipinski definition) is 2. The number of benzene rings is 2. The molecule has 0 fully saturated rings. The van der Waals surface area contributed by atoms with Gasteiger partial charge in [-0.1, -0.05) is 23.7 Å². The van der Waals surface area contributed by atoms with Crippen LogP contribution in [-0.4, -0.2) is 30.8 Å². The molecule has 0 unspecified atom stereocenters. The Bertz CT molecular complexity index is 786. The lowest BCUT2D eigenvalue weighted by molar-refractivity contribution is -0.111. The van der Waals surface area contributed by atoms with Crippen LogP contribution < -0.4 is 5.32 Å². The third kappa shape index (κ3) is 4.67. The van der Waals surface area contributed by atoms with Crippen molar-refractivity contribution in [1.82, 2.24) is 4.90 Å². The normalized spacial score (nSPS) is 10.7. The Morgan fingerprint density at radius 3 is 2.42 bits per heavy atom. The smallest absolute Gasteiger partial charge is 0.255 e. The summed E-state index contributed by atoms with van der Waals surface area (Å²) >= 11 is 5.80. The highest BCUT2D eigenvalue weighted by Crippen LogP contribution is 2.19. The highest BCUT2D eigenvalue weighted by Gasteiger charge is 2.15. The van der Waals surface area contributed by atoms with Crippen LogP contribution in [0.3, 0.4) is 0 Å². The summed E-state index contributed by atoms with van der Waals surface area (Å²) < 4.78 is 13.4. The van der Waals surface area contributed by atoms with Gasteiger partial charge in [0.15, 0.2) is 0 Å². The van der Waals surface area contributed by atoms with E-state index >= 15 is 0 Å². The zero-order valence-electron chi connectivity index (χ0n) is 13.2. The van der Waals surface area contributed by atoms with E-state index in [2.05, 4.69) is 5.32 Å². The molecule has 1 N–H and O–H groups in total. The fourth-order valence-electron chi connectivity index (χ4n) is 1.96. The number of nitrogens with one attached hydrogen (secondary N) is 1. The molecule has 2 rings (SSSR count). The van der Waals surface area contributed by atoms with Gasteiger partial charge in [-0.15, -0.1) is 0 Å². The van der Waals surface area contributed by atoms with Crippen molar-refractivity contribution in [3.8, 4) is 0 Å². The fourth-order valence-corrected chi connectivity index (χ4v) is 2.09. The number of carbonyl (C=O) groups is 2. The number of anilines is 1. The lowest BCUT2D eigenvalue weighted by Gasteiger charge is -2.14. The molecule has 0 saturated heterocycles. The third-order valence-corrected chi connectivity index (χ3v) is 3.43. The Balaban J connectivity index is 2.16. The molecule has 2 amide bonds. The van der Waals surface area contributed by atoms with Gasteiger partial charge in [0.2, 0.25) is 5.91 Å². The van der Waals surface area contributed by atoms with E-state index in [1.165, 1.54) is 23.1 Å². The van der Waals surface area contributed by atoms with Crippen molar-refractivity contribution in [2.75, 3.05) is 19.4 Å². The summed E-state index contributed by atoms with van der Waals surface area (Å²) in [7, 11) is 3.11. The summed E-state index contributed by atoms with van der Waals surface area (Å²) in [5, 5.41) is 3.20. The molecule has 0 spiro atoms. The largest absolute Gasteiger partial charge is 0.345 e. The first kappa shape index (κ1) is 17.7. The summed E-state index contributed by atoms with van der Waals surface area (Å²) in [5.41, 5.74) is 1.15. The lowest BCUT2D eigenvalue weighted by Crippen LogP contribution is -2.24. The molecule has 0 radical (unpaired) electrons. The summed E-state index contributed by atoms with van der Waals surface area (Å²) in [5.74, 6) is -1.37. The van der Waals surface area contributed by atoms with Crippen LogP contribution in [0.15, 0.2) is 48.5 Å². The van der Waals surface area contributed by atoms with E-state index in [4.69, 9.17) is 11.6 Å². The predicted octanol–water partition coefficient (Wildman–Crippen LogP) is 3.83. The minimum Gasteiger partial charge on any atom is -0.345 e. The van der Waals surface area contributed by atoms with Crippen molar-refractivity contribution >= 4 is 35.2 Å². The van der Waals surface area contributed by atoms with Crippen molar-refractivity contribution in [2.24, 2.45) is 0 Å². The second kappa shape index (κ2) is 7.75. The number of rotatable bonds is 4. The van der Waals surface area contributed by atoms with E-state index in [1.807, 2.05) is 0 Å². The standard InChI is InChI=1S/C18H16ClFN2O2/c1-22(2)18(24)15-11-14(20)8-9-16(15)21-17(23)10-5-12-3-6-13(19)7-4-12/h3-11H,1-2H3,(H,21,23)/b10-5+. The van der Waals surface area contributed by atoms with Gasteiger partial charge in [-0.25, -0.2) is 4.39 Å². The highest BCUT2D eigenvalue weighted by molar-refractivity contribution is 6.30. The molecule has 0 aromatic heterocycles. The lowest BCUT2D eigenvalue weighted by atomic mass is 10.1. The minimum atomic E-state index is -0.546. The number of amides is 2. The summed E-state index contributed by atoms with van der Waals surface area (Å²) in [6.45, 7) is 0. The van der Waals surface area contributed by atoms with E-state index in [1.54, 1.807) is 44.4 Å². The SMILES string of the molecule is CN(C)C(=O)c1cc(F)ccc1NC(=O)/C=C/c1ccc(Cl)cc1. The topological polar surface area (TPSA) is 49.4 Å². The molecular weight excluding hydrogens is 331 g/mol. The maximum Gasteiger partial charge on any atom is 0.255 e. The van der Waals surface area contributed by atoms with Gasteiger partial charge in [-0.3, -0.25) is 9.59 Å². The second-order valence-electron chi connectivity index (χ2n) is 5.26. The highest BCUT2D eigenvalue weighted by atomic mass is 35.5. The molecule has 0 aliphatic heterocycles. The first-order chi connectivity index (χ1) is 11.4. The molecule has 0 aliphatic carbocycles. The Hall–Kier alpha value is -2.66. The average Bonchev–Trinajstić information content (AvgIpc) is 2.55. The molecular formula is C18H16ClFN2O2. The second-order valence-corrected chi connectivity index (χ2v) is 5.70. The molecule has 2 aromatic carbocycles. The van der Waals surface area contributed by atoms with E-state index in [-0.39, 0.29) is 11.3 Å². The molecule has 4 nitrogen and oxygen atoms in total. The molecule has 6 heteroatoms. The molecule has 0 aliphatic rings. The summed E-state index contributed by atoms with van der Waals surface area (Å²) in [6, 6.07) is 10.6. The molecule has 24 heavy (non-hydrogen) atoms. The van der Waals surface area contributed by atoms with Gasteiger partial charge in [0.05, 0.1) is 11.3 Å². The Kier molecular flexibility index (Phi) is 5.71. The van der Waals surface area contributed by atoms with Crippen molar-refractivity contribution in [2.45, 2.75) is 0 Å². The summed E-state index contributed by atoms with van der Waals surface area (Å²) in [4.78, 5) is 25.4. The van der Waals surface area contributed by atoms with Crippen molar-refractivity contribution in [3.63, 3.8) is 0 Å². The molecule has 0 heterocycles. The minimum absolute atomic E-state index is 0.0910.